The lowest BCUT2D eigenvalue weighted by atomic mass is 9.87. The van der Waals surface area contributed by atoms with Gasteiger partial charge in [-0.2, -0.15) is 12.2 Å². The van der Waals surface area contributed by atoms with Crippen molar-refractivity contribution in [2.45, 2.75) is 31.1 Å². The van der Waals surface area contributed by atoms with Crippen molar-refractivity contribution in [2.75, 3.05) is 0 Å². The Morgan fingerprint density at radius 3 is 2.25 bits per heavy atom. The van der Waals surface area contributed by atoms with Gasteiger partial charge in [0.2, 0.25) is 0 Å². The third-order valence-electron chi connectivity index (χ3n) is 2.15. The molecule has 0 fully saturated rings. The zero-order valence-corrected chi connectivity index (χ0v) is 12.3. The van der Waals surface area contributed by atoms with Gasteiger partial charge in [-0.05, 0) is 39.0 Å². The highest BCUT2D eigenvalue weighted by Crippen LogP contribution is 2.30. The Labute approximate surface area is 109 Å². The molecule has 0 aliphatic heterocycles. The fourth-order valence-corrected chi connectivity index (χ4v) is 2.98. The molecule has 6 heteroatoms. The molecule has 0 saturated carbocycles. The molecule has 0 amide bonds. The van der Waals surface area contributed by atoms with E-state index in [1.807, 2.05) is 20.8 Å². The maximum Gasteiger partial charge on any atom is 0.314 e. The predicted molar refractivity (Wildman–Crippen MR) is 67.0 cm³/mol. The SMILES string of the molecule is CC(C)(C)c1ccc(S(=O)(=O)OCl)c(Br)c1. The number of hydrogen-bond acceptors (Lipinski definition) is 3. The fourth-order valence-electron chi connectivity index (χ4n) is 1.20. The molecule has 0 unspecified atom stereocenters. The lowest BCUT2D eigenvalue weighted by Crippen LogP contribution is -2.12. The van der Waals surface area contributed by atoms with Gasteiger partial charge in [-0.25, -0.2) is 0 Å². The van der Waals surface area contributed by atoms with Gasteiger partial charge in [-0.1, -0.05) is 26.8 Å². The molecule has 3 nitrogen and oxygen atoms in total. The molecular weight excluding hydrogens is 316 g/mol. The third-order valence-corrected chi connectivity index (χ3v) is 4.63. The summed E-state index contributed by atoms with van der Waals surface area (Å²) >= 11 is 8.12. The van der Waals surface area contributed by atoms with Crippen molar-refractivity contribution in [2.24, 2.45) is 0 Å². The molecule has 0 radical (unpaired) electrons. The molecular formula is C10H12BrClO3S. The van der Waals surface area contributed by atoms with Gasteiger partial charge in [-0.15, -0.1) is 0 Å². The van der Waals surface area contributed by atoms with Crippen LogP contribution in [0.4, 0.5) is 0 Å². The molecule has 90 valence electrons. The van der Waals surface area contributed by atoms with E-state index in [1.54, 1.807) is 12.1 Å². The van der Waals surface area contributed by atoms with Gasteiger partial charge in [0, 0.05) is 4.47 Å². The largest absolute Gasteiger partial charge is 0.314 e. The second kappa shape index (κ2) is 4.64. The van der Waals surface area contributed by atoms with E-state index >= 15 is 0 Å². The van der Waals surface area contributed by atoms with Crippen LogP contribution >= 0.6 is 27.8 Å². The maximum atomic E-state index is 11.4. The van der Waals surface area contributed by atoms with Gasteiger partial charge >= 0.3 is 10.1 Å². The molecule has 1 aromatic carbocycles. The van der Waals surface area contributed by atoms with E-state index in [2.05, 4.69) is 19.7 Å². The Hall–Kier alpha value is -0.100. The van der Waals surface area contributed by atoms with Crippen molar-refractivity contribution < 1.29 is 12.2 Å². The molecule has 1 rings (SSSR count). The summed E-state index contributed by atoms with van der Waals surface area (Å²) in [7, 11) is -3.87. The van der Waals surface area contributed by atoms with Crippen molar-refractivity contribution in [3.63, 3.8) is 0 Å². The van der Waals surface area contributed by atoms with Crippen LogP contribution in [0.1, 0.15) is 26.3 Å². The minimum atomic E-state index is -3.87. The first-order chi connectivity index (χ1) is 7.18. The lowest BCUT2D eigenvalue weighted by Gasteiger charge is -2.19. The zero-order chi connectivity index (χ0) is 12.6. The Bertz CT molecular complexity index is 491. The molecule has 0 aliphatic rings. The van der Waals surface area contributed by atoms with Crippen LogP contribution < -0.4 is 0 Å². The normalized spacial score (nSPS) is 12.8. The van der Waals surface area contributed by atoms with Crippen LogP contribution in [0.25, 0.3) is 0 Å². The average Bonchev–Trinajstić information content (AvgIpc) is 2.16. The quantitative estimate of drug-likeness (QED) is 0.833. The molecule has 1 aromatic rings. The van der Waals surface area contributed by atoms with Crippen LogP contribution in [0, 0.1) is 0 Å². The maximum absolute atomic E-state index is 11.4. The van der Waals surface area contributed by atoms with Crippen LogP contribution in [0.3, 0.4) is 0 Å². The summed E-state index contributed by atoms with van der Waals surface area (Å²) in [5.74, 6) is 0. The topological polar surface area (TPSA) is 43.4 Å². The lowest BCUT2D eigenvalue weighted by molar-refractivity contribution is 0.508. The molecule has 0 atom stereocenters. The Morgan fingerprint density at radius 2 is 1.88 bits per heavy atom. The first-order valence-electron chi connectivity index (χ1n) is 4.54. The van der Waals surface area contributed by atoms with E-state index in [0.717, 1.165) is 5.56 Å². The molecule has 0 aromatic heterocycles. The Morgan fingerprint density at radius 1 is 1.31 bits per heavy atom. The van der Waals surface area contributed by atoms with Gasteiger partial charge in [0.25, 0.3) is 0 Å². The summed E-state index contributed by atoms with van der Waals surface area (Å²) in [4.78, 5) is 0.0236. The minimum absolute atomic E-state index is 0.0236. The molecule has 0 bridgehead atoms. The van der Waals surface area contributed by atoms with Crippen molar-refractivity contribution >= 4 is 37.9 Å². The van der Waals surface area contributed by atoms with E-state index in [9.17, 15) is 8.42 Å². The van der Waals surface area contributed by atoms with Crippen LogP contribution in [-0.2, 0) is 19.3 Å². The third kappa shape index (κ3) is 2.97. The summed E-state index contributed by atoms with van der Waals surface area (Å²) in [5.41, 5.74) is 0.972. The second-order valence-corrected chi connectivity index (χ2v) is 7.12. The van der Waals surface area contributed by atoms with E-state index in [0.29, 0.717) is 4.47 Å². The molecule has 0 saturated heterocycles. The molecule has 16 heavy (non-hydrogen) atoms. The standard InChI is InChI=1S/C10H12BrClO3S/c1-10(2,3)7-4-5-9(8(11)6-7)16(13,14)15-12/h4-6H,1-3H3. The summed E-state index contributed by atoms with van der Waals surface area (Å²) in [5, 5.41) is 0. The van der Waals surface area contributed by atoms with Gasteiger partial charge in [0.05, 0.1) is 11.9 Å². The number of benzene rings is 1. The molecule has 0 aliphatic carbocycles. The van der Waals surface area contributed by atoms with Crippen LogP contribution in [0.2, 0.25) is 0 Å². The van der Waals surface area contributed by atoms with Crippen molar-refractivity contribution in [3.8, 4) is 0 Å². The van der Waals surface area contributed by atoms with E-state index < -0.39 is 10.1 Å². The van der Waals surface area contributed by atoms with Crippen molar-refractivity contribution in [3.05, 3.63) is 28.2 Å². The monoisotopic (exact) mass is 326 g/mol. The number of hydrogen-bond donors (Lipinski definition) is 0. The summed E-state index contributed by atoms with van der Waals surface area (Å²) in [6, 6.07) is 4.97. The zero-order valence-electron chi connectivity index (χ0n) is 9.12. The summed E-state index contributed by atoms with van der Waals surface area (Å²) in [6.07, 6.45) is 0. The van der Waals surface area contributed by atoms with Crippen LogP contribution in [0.15, 0.2) is 27.6 Å². The Kier molecular flexibility index (Phi) is 4.05. The van der Waals surface area contributed by atoms with Crippen LogP contribution in [0.5, 0.6) is 0 Å². The summed E-state index contributed by atoms with van der Waals surface area (Å²) < 4.78 is 27.2. The molecule has 0 spiro atoms. The highest BCUT2D eigenvalue weighted by molar-refractivity contribution is 9.10. The van der Waals surface area contributed by atoms with Gasteiger partial charge in [0.15, 0.2) is 0 Å². The van der Waals surface area contributed by atoms with Gasteiger partial charge < -0.3 is 0 Å². The Balaban J connectivity index is 3.32. The molecule has 0 N–H and O–H groups in total. The minimum Gasteiger partial charge on any atom is -0.193 e. The second-order valence-electron chi connectivity index (χ2n) is 4.41. The number of halogens is 2. The highest BCUT2D eigenvalue weighted by Gasteiger charge is 2.21. The van der Waals surface area contributed by atoms with Crippen LogP contribution in [-0.4, -0.2) is 8.42 Å². The van der Waals surface area contributed by atoms with Gasteiger partial charge in [0.1, 0.15) is 4.90 Å². The fraction of sp³-hybridized carbons (Fsp3) is 0.400. The number of rotatable bonds is 2. The van der Waals surface area contributed by atoms with E-state index in [4.69, 9.17) is 11.9 Å². The molecule has 0 heterocycles. The highest BCUT2D eigenvalue weighted by atomic mass is 79.9. The average molecular weight is 328 g/mol. The van der Waals surface area contributed by atoms with Crippen molar-refractivity contribution in [1.82, 2.24) is 0 Å². The first kappa shape index (κ1) is 14.0. The predicted octanol–water partition coefficient (Wildman–Crippen LogP) is 3.61. The first-order valence-corrected chi connectivity index (χ1v) is 7.05. The van der Waals surface area contributed by atoms with Crippen molar-refractivity contribution in [1.29, 1.82) is 0 Å². The van der Waals surface area contributed by atoms with E-state index in [-0.39, 0.29) is 10.3 Å². The smallest absolute Gasteiger partial charge is 0.193 e. The van der Waals surface area contributed by atoms with E-state index in [1.165, 1.54) is 6.07 Å². The van der Waals surface area contributed by atoms with Gasteiger partial charge in [-0.3, -0.25) is 0 Å². The summed E-state index contributed by atoms with van der Waals surface area (Å²) in [6.45, 7) is 6.13.